The Labute approximate surface area is 84.3 Å². The van der Waals surface area contributed by atoms with Crippen LogP contribution in [0.1, 0.15) is 53.4 Å². The topological polar surface area (TPSA) is 12.0 Å². The first-order valence-corrected chi connectivity index (χ1v) is 5.81. The van der Waals surface area contributed by atoms with Gasteiger partial charge in [0.2, 0.25) is 0 Å². The lowest BCUT2D eigenvalue weighted by atomic mass is 9.84. The van der Waals surface area contributed by atoms with Gasteiger partial charge in [0, 0.05) is 0 Å². The fourth-order valence-electron chi connectivity index (χ4n) is 2.29. The summed E-state index contributed by atoms with van der Waals surface area (Å²) in [5, 5.41) is 3.23. The predicted molar refractivity (Wildman–Crippen MR) is 61.0 cm³/mol. The van der Waals surface area contributed by atoms with Crippen molar-refractivity contribution in [1.82, 2.24) is 5.32 Å². The van der Waals surface area contributed by atoms with Gasteiger partial charge in [-0.1, -0.05) is 34.1 Å². The van der Waals surface area contributed by atoms with E-state index < -0.39 is 0 Å². The second kappa shape index (κ2) is 6.42. The molecule has 1 aliphatic rings. The van der Waals surface area contributed by atoms with Crippen molar-refractivity contribution in [2.75, 3.05) is 13.6 Å². The van der Waals surface area contributed by atoms with Crippen LogP contribution in [0, 0.1) is 11.3 Å². The minimum Gasteiger partial charge on any atom is -0.320 e. The summed E-state index contributed by atoms with van der Waals surface area (Å²) in [5.74, 6) is 0.969. The number of hydrogen-bond donors (Lipinski definition) is 1. The van der Waals surface area contributed by atoms with E-state index in [1.54, 1.807) is 0 Å². The maximum absolute atomic E-state index is 3.23. The molecule has 2 unspecified atom stereocenters. The molecular formula is C12H27N. The lowest BCUT2D eigenvalue weighted by Crippen LogP contribution is -2.19. The van der Waals surface area contributed by atoms with Crippen molar-refractivity contribution in [2.45, 2.75) is 53.4 Å². The molecule has 1 saturated carbocycles. The molecule has 0 heterocycles. The van der Waals surface area contributed by atoms with E-state index in [1.165, 1.54) is 32.2 Å². The first-order valence-electron chi connectivity index (χ1n) is 5.81. The van der Waals surface area contributed by atoms with Crippen molar-refractivity contribution >= 4 is 0 Å². The molecule has 0 aromatic heterocycles. The Balaban J connectivity index is 0.000000671. The Morgan fingerprint density at radius 1 is 1.38 bits per heavy atom. The zero-order valence-electron chi connectivity index (χ0n) is 10.1. The van der Waals surface area contributed by atoms with E-state index in [2.05, 4.69) is 19.2 Å². The first kappa shape index (κ1) is 13.0. The highest BCUT2D eigenvalue weighted by molar-refractivity contribution is 4.84. The van der Waals surface area contributed by atoms with Crippen LogP contribution in [0.15, 0.2) is 0 Å². The normalized spacial score (nSPS) is 32.5. The molecule has 0 radical (unpaired) electrons. The van der Waals surface area contributed by atoms with Crippen LogP contribution in [0.3, 0.4) is 0 Å². The summed E-state index contributed by atoms with van der Waals surface area (Å²) in [7, 11) is 2.04. The molecule has 1 heteroatoms. The molecule has 1 nitrogen and oxygen atoms in total. The zero-order valence-corrected chi connectivity index (χ0v) is 10.1. The third-order valence-corrected chi connectivity index (χ3v) is 3.06. The Bertz CT molecular complexity index is 122. The zero-order chi connectivity index (χ0) is 10.3. The lowest BCUT2D eigenvalue weighted by Gasteiger charge is -2.23. The Hall–Kier alpha value is -0.0400. The lowest BCUT2D eigenvalue weighted by molar-refractivity contribution is 0.295. The summed E-state index contributed by atoms with van der Waals surface area (Å²) in [6.07, 6.45) is 5.68. The average Bonchev–Trinajstić information content (AvgIpc) is 2.47. The fourth-order valence-corrected chi connectivity index (χ4v) is 2.29. The summed E-state index contributed by atoms with van der Waals surface area (Å²) >= 11 is 0. The Morgan fingerprint density at radius 3 is 2.38 bits per heavy atom. The van der Waals surface area contributed by atoms with Gasteiger partial charge in [0.15, 0.2) is 0 Å². The van der Waals surface area contributed by atoms with E-state index in [0.29, 0.717) is 5.41 Å². The monoisotopic (exact) mass is 185 g/mol. The van der Waals surface area contributed by atoms with Crippen LogP contribution >= 0.6 is 0 Å². The van der Waals surface area contributed by atoms with Crippen LogP contribution in [0.4, 0.5) is 0 Å². The number of nitrogens with one attached hydrogen (secondary N) is 1. The summed E-state index contributed by atoms with van der Waals surface area (Å²) < 4.78 is 0. The van der Waals surface area contributed by atoms with Gasteiger partial charge in [-0.25, -0.2) is 0 Å². The molecule has 13 heavy (non-hydrogen) atoms. The van der Waals surface area contributed by atoms with Crippen LogP contribution in [0.2, 0.25) is 0 Å². The van der Waals surface area contributed by atoms with Crippen molar-refractivity contribution in [3.8, 4) is 0 Å². The summed E-state index contributed by atoms with van der Waals surface area (Å²) in [4.78, 5) is 0. The molecule has 2 atom stereocenters. The van der Waals surface area contributed by atoms with Crippen LogP contribution in [0.25, 0.3) is 0 Å². The molecule has 0 saturated heterocycles. The van der Waals surface area contributed by atoms with E-state index in [9.17, 15) is 0 Å². The van der Waals surface area contributed by atoms with Crippen LogP contribution < -0.4 is 5.32 Å². The van der Waals surface area contributed by atoms with Crippen LogP contribution in [-0.2, 0) is 0 Å². The number of hydrogen-bond acceptors (Lipinski definition) is 1. The second-order valence-electron chi connectivity index (χ2n) is 4.51. The van der Waals surface area contributed by atoms with E-state index in [1.807, 2.05) is 20.9 Å². The van der Waals surface area contributed by atoms with E-state index in [-0.39, 0.29) is 0 Å². The highest BCUT2D eigenvalue weighted by atomic mass is 14.8. The van der Waals surface area contributed by atoms with Gasteiger partial charge in [0.25, 0.3) is 0 Å². The van der Waals surface area contributed by atoms with E-state index >= 15 is 0 Å². The summed E-state index contributed by atoms with van der Waals surface area (Å²) in [5.41, 5.74) is 0.655. The van der Waals surface area contributed by atoms with Gasteiger partial charge in [-0.2, -0.15) is 0 Å². The Kier molecular flexibility index (Phi) is 6.40. The SMILES string of the molecule is CC.CNCCC1(C)CCC(C)C1. The molecule has 0 bridgehead atoms. The molecule has 80 valence electrons. The maximum atomic E-state index is 3.23. The van der Waals surface area contributed by atoms with Gasteiger partial charge in [0.05, 0.1) is 0 Å². The quantitative estimate of drug-likeness (QED) is 0.710. The van der Waals surface area contributed by atoms with Gasteiger partial charge in [-0.15, -0.1) is 0 Å². The summed E-state index contributed by atoms with van der Waals surface area (Å²) in [6, 6.07) is 0. The third-order valence-electron chi connectivity index (χ3n) is 3.06. The molecule has 1 rings (SSSR count). The molecule has 1 fully saturated rings. The number of rotatable bonds is 3. The third kappa shape index (κ3) is 4.66. The van der Waals surface area contributed by atoms with Crippen molar-refractivity contribution in [3.05, 3.63) is 0 Å². The average molecular weight is 185 g/mol. The van der Waals surface area contributed by atoms with Gasteiger partial charge < -0.3 is 5.32 Å². The first-order chi connectivity index (χ1) is 6.16. The second-order valence-corrected chi connectivity index (χ2v) is 4.51. The predicted octanol–water partition coefficient (Wildman–Crippen LogP) is 3.45. The van der Waals surface area contributed by atoms with E-state index in [0.717, 1.165) is 5.92 Å². The highest BCUT2D eigenvalue weighted by Gasteiger charge is 2.31. The van der Waals surface area contributed by atoms with Gasteiger partial charge in [0.1, 0.15) is 0 Å². The Morgan fingerprint density at radius 2 is 2.00 bits per heavy atom. The molecular weight excluding hydrogens is 158 g/mol. The molecule has 0 aromatic carbocycles. The fraction of sp³-hybridized carbons (Fsp3) is 1.00. The molecule has 1 N–H and O–H groups in total. The smallest absolute Gasteiger partial charge is 0.00467 e. The molecule has 1 aliphatic carbocycles. The standard InChI is InChI=1S/C10H21N.C2H6/c1-9-4-5-10(2,8-9)6-7-11-3;1-2/h9,11H,4-8H2,1-3H3;1-2H3. The van der Waals surface area contributed by atoms with Crippen molar-refractivity contribution < 1.29 is 0 Å². The highest BCUT2D eigenvalue weighted by Crippen LogP contribution is 2.43. The molecule has 0 aromatic rings. The van der Waals surface area contributed by atoms with Crippen LogP contribution in [-0.4, -0.2) is 13.6 Å². The molecule has 0 amide bonds. The van der Waals surface area contributed by atoms with Crippen LogP contribution in [0.5, 0.6) is 0 Å². The maximum Gasteiger partial charge on any atom is -0.00467 e. The molecule has 0 aliphatic heterocycles. The summed E-state index contributed by atoms with van der Waals surface area (Å²) in [6.45, 7) is 10.0. The molecule has 0 spiro atoms. The van der Waals surface area contributed by atoms with Gasteiger partial charge in [-0.05, 0) is 44.2 Å². The van der Waals surface area contributed by atoms with Crippen molar-refractivity contribution in [1.29, 1.82) is 0 Å². The largest absolute Gasteiger partial charge is 0.320 e. The van der Waals surface area contributed by atoms with Gasteiger partial charge in [-0.3, -0.25) is 0 Å². The minimum absolute atomic E-state index is 0.655. The van der Waals surface area contributed by atoms with Crippen molar-refractivity contribution in [3.63, 3.8) is 0 Å². The van der Waals surface area contributed by atoms with E-state index in [4.69, 9.17) is 0 Å². The van der Waals surface area contributed by atoms with Crippen molar-refractivity contribution in [2.24, 2.45) is 11.3 Å². The van der Waals surface area contributed by atoms with Gasteiger partial charge >= 0.3 is 0 Å². The minimum atomic E-state index is 0.655.